The third-order valence-corrected chi connectivity index (χ3v) is 3.42. The van der Waals surface area contributed by atoms with Crippen LogP contribution in [-0.2, 0) is 4.79 Å². The second kappa shape index (κ2) is 4.55. The predicted molar refractivity (Wildman–Crippen MR) is 68.4 cm³/mol. The number of carbonyl (C=O) groups excluding carboxylic acids is 1. The summed E-state index contributed by atoms with van der Waals surface area (Å²) in [7, 11) is 0. The highest BCUT2D eigenvalue weighted by Gasteiger charge is 2.27. The number of piperidine rings is 1. The van der Waals surface area contributed by atoms with Crippen molar-refractivity contribution in [2.24, 2.45) is 5.73 Å². The molecular weight excluding hydrogens is 268 g/mol. The van der Waals surface area contributed by atoms with Gasteiger partial charge in [-0.3, -0.25) is 4.79 Å². The first-order valence-corrected chi connectivity index (χ1v) is 6.22. The summed E-state index contributed by atoms with van der Waals surface area (Å²) in [5, 5.41) is 0. The van der Waals surface area contributed by atoms with Gasteiger partial charge in [0.05, 0.1) is 6.04 Å². The molecule has 86 valence electrons. The maximum atomic E-state index is 12.0. The third kappa shape index (κ3) is 2.13. The fraction of sp³-hybridized carbons (Fsp3) is 0.417. The summed E-state index contributed by atoms with van der Waals surface area (Å²) in [4.78, 5) is 13.8. The monoisotopic (exact) mass is 282 g/mol. The highest BCUT2D eigenvalue weighted by atomic mass is 79.9. The standard InChI is InChI=1S/C12H15BrN2O/c1-8-7-9(13)4-5-11(8)15-6-2-3-10(14)12(15)16/h4-5,7,10H,2-3,6,14H2,1H3. The van der Waals surface area contributed by atoms with E-state index in [0.717, 1.165) is 35.1 Å². The van der Waals surface area contributed by atoms with E-state index in [1.165, 1.54) is 0 Å². The molecule has 0 radical (unpaired) electrons. The maximum absolute atomic E-state index is 12.0. The van der Waals surface area contributed by atoms with Crippen molar-refractivity contribution in [2.75, 3.05) is 11.4 Å². The Hall–Kier alpha value is -0.870. The normalized spacial score (nSPS) is 21.3. The molecule has 1 heterocycles. The number of carbonyl (C=O) groups is 1. The molecule has 0 aliphatic carbocycles. The van der Waals surface area contributed by atoms with Crippen molar-refractivity contribution < 1.29 is 4.79 Å². The first-order valence-electron chi connectivity index (χ1n) is 5.42. The molecule has 3 nitrogen and oxygen atoms in total. The molecule has 1 aromatic carbocycles. The Kier molecular flexibility index (Phi) is 3.30. The highest BCUT2D eigenvalue weighted by molar-refractivity contribution is 9.10. The van der Waals surface area contributed by atoms with Gasteiger partial charge in [0.15, 0.2) is 0 Å². The van der Waals surface area contributed by atoms with Crippen molar-refractivity contribution in [3.8, 4) is 0 Å². The zero-order valence-corrected chi connectivity index (χ0v) is 10.8. The van der Waals surface area contributed by atoms with Crippen molar-refractivity contribution >= 4 is 27.5 Å². The molecule has 2 N–H and O–H groups in total. The topological polar surface area (TPSA) is 46.3 Å². The molecule has 1 fully saturated rings. The van der Waals surface area contributed by atoms with Gasteiger partial charge in [-0.05, 0) is 43.5 Å². The van der Waals surface area contributed by atoms with Gasteiger partial charge >= 0.3 is 0 Å². The zero-order valence-electron chi connectivity index (χ0n) is 9.24. The molecule has 1 aliphatic rings. The number of hydrogen-bond acceptors (Lipinski definition) is 2. The van der Waals surface area contributed by atoms with Crippen LogP contribution in [0.15, 0.2) is 22.7 Å². The summed E-state index contributed by atoms with van der Waals surface area (Å²) >= 11 is 3.42. The smallest absolute Gasteiger partial charge is 0.243 e. The molecule has 0 aromatic heterocycles. The van der Waals surface area contributed by atoms with Crippen molar-refractivity contribution in [2.45, 2.75) is 25.8 Å². The van der Waals surface area contributed by atoms with E-state index in [4.69, 9.17) is 5.73 Å². The van der Waals surface area contributed by atoms with Crippen molar-refractivity contribution in [3.05, 3.63) is 28.2 Å². The number of halogens is 1. The summed E-state index contributed by atoms with van der Waals surface area (Å²) in [5.74, 6) is 0.0386. The van der Waals surface area contributed by atoms with Crippen LogP contribution < -0.4 is 10.6 Å². The van der Waals surface area contributed by atoms with Crippen LogP contribution in [0.5, 0.6) is 0 Å². The summed E-state index contributed by atoms with van der Waals surface area (Å²) in [6, 6.07) is 5.60. The molecule has 0 saturated carbocycles. The summed E-state index contributed by atoms with van der Waals surface area (Å²) < 4.78 is 1.03. The highest BCUT2D eigenvalue weighted by Crippen LogP contribution is 2.26. The second-order valence-corrected chi connectivity index (χ2v) is 5.09. The molecule has 1 atom stereocenters. The number of benzene rings is 1. The van der Waals surface area contributed by atoms with E-state index in [9.17, 15) is 4.79 Å². The van der Waals surface area contributed by atoms with E-state index in [2.05, 4.69) is 15.9 Å². The van der Waals surface area contributed by atoms with Crippen LogP contribution in [0.2, 0.25) is 0 Å². The number of amides is 1. The van der Waals surface area contributed by atoms with Crippen LogP contribution in [0, 0.1) is 6.92 Å². The van der Waals surface area contributed by atoms with E-state index >= 15 is 0 Å². The molecule has 1 saturated heterocycles. The van der Waals surface area contributed by atoms with Gasteiger partial charge in [-0.1, -0.05) is 15.9 Å². The Bertz CT molecular complexity index is 419. The number of nitrogens with two attached hydrogens (primary N) is 1. The van der Waals surface area contributed by atoms with Gasteiger partial charge in [0.25, 0.3) is 0 Å². The third-order valence-electron chi connectivity index (χ3n) is 2.93. The Morgan fingerprint density at radius 1 is 1.50 bits per heavy atom. The molecule has 1 aliphatic heterocycles. The van der Waals surface area contributed by atoms with E-state index in [1.807, 2.05) is 25.1 Å². The predicted octanol–water partition coefficient (Wildman–Crippen LogP) is 2.21. The van der Waals surface area contributed by atoms with Crippen LogP contribution in [0.25, 0.3) is 0 Å². The minimum absolute atomic E-state index is 0.0386. The van der Waals surface area contributed by atoms with Gasteiger partial charge in [0, 0.05) is 16.7 Å². The Balaban J connectivity index is 2.32. The van der Waals surface area contributed by atoms with Crippen LogP contribution in [0.4, 0.5) is 5.69 Å². The summed E-state index contributed by atoms with van der Waals surface area (Å²) in [5.41, 5.74) is 7.86. The van der Waals surface area contributed by atoms with Crippen molar-refractivity contribution in [3.63, 3.8) is 0 Å². The zero-order chi connectivity index (χ0) is 11.7. The Morgan fingerprint density at radius 3 is 2.94 bits per heavy atom. The van der Waals surface area contributed by atoms with Gasteiger partial charge < -0.3 is 10.6 Å². The number of hydrogen-bond donors (Lipinski definition) is 1. The summed E-state index contributed by atoms with van der Waals surface area (Å²) in [6.45, 7) is 2.78. The lowest BCUT2D eigenvalue weighted by atomic mass is 10.0. The quantitative estimate of drug-likeness (QED) is 0.859. The number of anilines is 1. The second-order valence-electron chi connectivity index (χ2n) is 4.17. The average molecular weight is 283 g/mol. The lowest BCUT2D eigenvalue weighted by Gasteiger charge is -2.31. The van der Waals surface area contributed by atoms with Gasteiger partial charge in [-0.25, -0.2) is 0 Å². The molecular formula is C12H15BrN2O. The maximum Gasteiger partial charge on any atom is 0.243 e. The van der Waals surface area contributed by atoms with Crippen LogP contribution >= 0.6 is 15.9 Å². The number of aryl methyl sites for hydroxylation is 1. The Morgan fingerprint density at radius 2 is 2.25 bits per heavy atom. The molecule has 2 rings (SSSR count). The van der Waals surface area contributed by atoms with Crippen molar-refractivity contribution in [1.29, 1.82) is 0 Å². The fourth-order valence-corrected chi connectivity index (χ4v) is 2.54. The van der Waals surface area contributed by atoms with E-state index in [1.54, 1.807) is 4.90 Å². The number of nitrogens with zero attached hydrogens (tertiary/aromatic N) is 1. The molecule has 4 heteroatoms. The lowest BCUT2D eigenvalue weighted by Crippen LogP contribution is -2.48. The lowest BCUT2D eigenvalue weighted by molar-refractivity contribution is -0.120. The Labute approximate surface area is 104 Å². The number of rotatable bonds is 1. The molecule has 1 amide bonds. The molecule has 1 aromatic rings. The largest absolute Gasteiger partial charge is 0.320 e. The van der Waals surface area contributed by atoms with Crippen LogP contribution in [0.3, 0.4) is 0 Å². The van der Waals surface area contributed by atoms with Gasteiger partial charge in [0.1, 0.15) is 0 Å². The fourth-order valence-electron chi connectivity index (χ4n) is 2.06. The molecule has 1 unspecified atom stereocenters. The van der Waals surface area contributed by atoms with Gasteiger partial charge in [-0.2, -0.15) is 0 Å². The van der Waals surface area contributed by atoms with Gasteiger partial charge in [-0.15, -0.1) is 0 Å². The molecule has 0 spiro atoms. The van der Waals surface area contributed by atoms with Crippen LogP contribution in [-0.4, -0.2) is 18.5 Å². The molecule has 16 heavy (non-hydrogen) atoms. The first-order chi connectivity index (χ1) is 7.59. The SMILES string of the molecule is Cc1cc(Br)ccc1N1CCCC(N)C1=O. The van der Waals surface area contributed by atoms with Gasteiger partial charge in [0.2, 0.25) is 5.91 Å². The summed E-state index contributed by atoms with van der Waals surface area (Å²) in [6.07, 6.45) is 1.77. The minimum Gasteiger partial charge on any atom is -0.320 e. The minimum atomic E-state index is -0.336. The average Bonchev–Trinajstić information content (AvgIpc) is 2.23. The van der Waals surface area contributed by atoms with E-state index < -0.39 is 0 Å². The van der Waals surface area contributed by atoms with E-state index in [0.29, 0.717) is 0 Å². The van der Waals surface area contributed by atoms with E-state index in [-0.39, 0.29) is 11.9 Å². The van der Waals surface area contributed by atoms with Crippen molar-refractivity contribution in [1.82, 2.24) is 0 Å². The molecule has 0 bridgehead atoms. The first kappa shape index (κ1) is 11.6. The van der Waals surface area contributed by atoms with Crippen LogP contribution in [0.1, 0.15) is 18.4 Å².